The summed E-state index contributed by atoms with van der Waals surface area (Å²) in [7, 11) is 1.81. The van der Waals surface area contributed by atoms with Crippen LogP contribution in [0.4, 0.5) is 28.9 Å². The molecule has 12 heteroatoms. The minimum Gasteiger partial charge on any atom is -0.487 e. The number of likely N-dealkylation sites (N-methyl/N-ethyl adjacent to an activating group) is 1. The lowest BCUT2D eigenvalue weighted by atomic mass is 10.1. The number of thiazole rings is 1. The third kappa shape index (κ3) is 5.13. The van der Waals surface area contributed by atoms with Gasteiger partial charge in [-0.1, -0.05) is 6.07 Å². The van der Waals surface area contributed by atoms with Crippen LogP contribution in [0.25, 0.3) is 0 Å². The van der Waals surface area contributed by atoms with Crippen LogP contribution >= 0.6 is 23.3 Å². The summed E-state index contributed by atoms with van der Waals surface area (Å²) in [6.07, 6.45) is -4.74. The van der Waals surface area contributed by atoms with Gasteiger partial charge in [-0.3, -0.25) is 0 Å². The Kier molecular flexibility index (Phi) is 6.74. The molecule has 6 nitrogen and oxygen atoms in total. The predicted octanol–water partition coefficient (Wildman–Crippen LogP) is 5.98. The summed E-state index contributed by atoms with van der Waals surface area (Å²) in [5.41, 5.74) is -0.530. The minimum atomic E-state index is -4.74. The van der Waals surface area contributed by atoms with Gasteiger partial charge in [-0.2, -0.15) is 13.2 Å². The molecular weight excluding hydrogens is 494 g/mol. The Labute approximate surface area is 200 Å². The highest BCUT2D eigenvalue weighted by Gasteiger charge is 2.37. The molecule has 0 amide bonds. The number of nitrogens with zero attached hydrogens (tertiary/aromatic N) is 3. The topological polar surface area (TPSA) is 65.9 Å². The second kappa shape index (κ2) is 9.43. The summed E-state index contributed by atoms with van der Waals surface area (Å²) in [5.74, 6) is -2.19. The lowest BCUT2D eigenvalue weighted by Gasteiger charge is -2.26. The van der Waals surface area contributed by atoms with Gasteiger partial charge >= 0.3 is 12.1 Å². The number of fused-ring (bicyclic) bond motifs is 1. The number of ether oxygens (including phenoxy) is 1. The van der Waals surface area contributed by atoms with E-state index >= 15 is 0 Å². The Balaban J connectivity index is 1.78. The molecule has 0 saturated carbocycles. The molecule has 0 radical (unpaired) electrons. The number of carboxylic acids is 1. The van der Waals surface area contributed by atoms with Crippen molar-refractivity contribution < 1.29 is 32.2 Å². The van der Waals surface area contributed by atoms with Crippen LogP contribution in [-0.4, -0.2) is 40.5 Å². The first-order chi connectivity index (χ1) is 16.0. The number of aromatic nitrogens is 1. The fourth-order valence-electron chi connectivity index (χ4n) is 3.54. The summed E-state index contributed by atoms with van der Waals surface area (Å²) in [5, 5.41) is 9.77. The number of aryl methyl sites for hydroxylation is 1. The molecule has 0 fully saturated rings. The number of alkyl halides is 3. The van der Waals surface area contributed by atoms with Crippen LogP contribution in [0.5, 0.6) is 5.75 Å². The summed E-state index contributed by atoms with van der Waals surface area (Å²) < 4.78 is 63.4. The second-order valence-corrected chi connectivity index (χ2v) is 10.0. The molecule has 1 N–H and O–H groups in total. The standard InChI is InChI=1S/C22H19F4N3O3S2/c1-12-27-20(21(30)31)19(33-12)11-32-17-10-18-16(9-15(17)22(24,25)26)29(7-6-28(2)34-18)14-5-3-4-13(23)8-14/h3-5,8-10H,6-7,11H2,1-2H3,(H,30,31). The molecule has 1 aliphatic rings. The van der Waals surface area contributed by atoms with E-state index in [1.54, 1.807) is 24.9 Å². The Hall–Kier alpha value is -2.83. The van der Waals surface area contributed by atoms with Gasteiger partial charge in [-0.05, 0) is 56.3 Å². The van der Waals surface area contributed by atoms with Crippen molar-refractivity contribution in [2.75, 3.05) is 25.0 Å². The van der Waals surface area contributed by atoms with E-state index in [2.05, 4.69) is 4.98 Å². The predicted molar refractivity (Wildman–Crippen MR) is 121 cm³/mol. The first-order valence-corrected chi connectivity index (χ1v) is 11.6. The normalized spacial score (nSPS) is 14.6. The van der Waals surface area contributed by atoms with Crippen molar-refractivity contribution in [2.24, 2.45) is 0 Å². The number of aromatic carboxylic acids is 1. The van der Waals surface area contributed by atoms with Gasteiger partial charge in [0.25, 0.3) is 0 Å². The fourth-order valence-corrected chi connectivity index (χ4v) is 5.31. The minimum absolute atomic E-state index is 0.222. The smallest absolute Gasteiger partial charge is 0.420 e. The zero-order valence-corrected chi connectivity index (χ0v) is 19.7. The van der Waals surface area contributed by atoms with E-state index in [1.165, 1.54) is 36.2 Å². The molecule has 0 saturated heterocycles. The molecule has 0 atom stereocenters. The summed E-state index contributed by atoms with van der Waals surface area (Å²) >= 11 is 2.30. The summed E-state index contributed by atoms with van der Waals surface area (Å²) in [6.45, 7) is 2.09. The monoisotopic (exact) mass is 513 g/mol. The van der Waals surface area contributed by atoms with Crippen molar-refractivity contribution >= 4 is 40.6 Å². The highest BCUT2D eigenvalue weighted by Crippen LogP contribution is 2.46. The van der Waals surface area contributed by atoms with E-state index in [-0.39, 0.29) is 22.9 Å². The molecular formula is C22H19F4N3O3S2. The zero-order valence-electron chi connectivity index (χ0n) is 18.0. The molecule has 4 rings (SSSR count). The van der Waals surface area contributed by atoms with Crippen molar-refractivity contribution in [1.82, 2.24) is 9.29 Å². The fraction of sp³-hybridized carbons (Fsp3) is 0.273. The molecule has 0 aliphatic carbocycles. The maximum absolute atomic E-state index is 14.0. The van der Waals surface area contributed by atoms with E-state index in [0.717, 1.165) is 17.4 Å². The summed E-state index contributed by atoms with van der Waals surface area (Å²) in [4.78, 5) is 17.7. The van der Waals surface area contributed by atoms with Gasteiger partial charge in [0.1, 0.15) is 18.2 Å². The van der Waals surface area contributed by atoms with Crippen molar-refractivity contribution in [3.8, 4) is 5.75 Å². The number of rotatable bonds is 5. The molecule has 0 unspecified atom stereocenters. The average Bonchev–Trinajstić information content (AvgIpc) is 3.04. The lowest BCUT2D eigenvalue weighted by Crippen LogP contribution is -2.25. The number of carbonyl (C=O) groups is 1. The van der Waals surface area contributed by atoms with E-state index in [4.69, 9.17) is 4.74 Å². The van der Waals surface area contributed by atoms with Crippen molar-refractivity contribution in [2.45, 2.75) is 24.6 Å². The number of hydrogen-bond donors (Lipinski definition) is 1. The molecule has 3 aromatic rings. The first kappa shape index (κ1) is 24.3. The van der Waals surface area contributed by atoms with Gasteiger partial charge in [-0.25, -0.2) is 18.5 Å². The van der Waals surface area contributed by atoms with Crippen LogP contribution in [0.2, 0.25) is 0 Å². The number of halogens is 4. The molecule has 0 spiro atoms. The lowest BCUT2D eigenvalue weighted by molar-refractivity contribution is -0.139. The number of carboxylic acid groups (broad SMARTS) is 1. The van der Waals surface area contributed by atoms with Crippen molar-refractivity contribution in [1.29, 1.82) is 0 Å². The molecule has 1 aliphatic heterocycles. The molecule has 34 heavy (non-hydrogen) atoms. The molecule has 2 heterocycles. The SMILES string of the molecule is Cc1nc(C(=O)O)c(COc2cc3c(cc2C(F)(F)F)N(c2cccc(F)c2)CCN(C)S3)s1. The Bertz CT molecular complexity index is 1230. The Morgan fingerprint density at radius 3 is 2.68 bits per heavy atom. The van der Waals surface area contributed by atoms with E-state index < -0.39 is 29.3 Å². The average molecular weight is 514 g/mol. The number of hydrogen-bond acceptors (Lipinski definition) is 7. The van der Waals surface area contributed by atoms with Gasteiger partial charge in [0.15, 0.2) is 5.69 Å². The van der Waals surface area contributed by atoms with Crippen molar-refractivity contribution in [3.05, 3.63) is 63.4 Å². The molecule has 1 aromatic heterocycles. The van der Waals surface area contributed by atoms with Crippen LogP contribution in [0.1, 0.15) is 25.9 Å². The third-order valence-corrected chi connectivity index (χ3v) is 7.00. The number of benzene rings is 2. The molecule has 2 aromatic carbocycles. The summed E-state index contributed by atoms with van der Waals surface area (Å²) in [6, 6.07) is 7.99. The van der Waals surface area contributed by atoms with Gasteiger partial charge in [0.2, 0.25) is 0 Å². The van der Waals surface area contributed by atoms with Crippen LogP contribution in [-0.2, 0) is 12.8 Å². The maximum atomic E-state index is 14.0. The zero-order chi connectivity index (χ0) is 24.6. The van der Waals surface area contributed by atoms with E-state index in [0.29, 0.717) is 28.7 Å². The molecule has 180 valence electrons. The van der Waals surface area contributed by atoms with Gasteiger partial charge in [0, 0.05) is 18.8 Å². The van der Waals surface area contributed by atoms with Gasteiger partial charge in [0.05, 0.1) is 26.0 Å². The maximum Gasteiger partial charge on any atom is 0.420 e. The molecule has 0 bridgehead atoms. The largest absolute Gasteiger partial charge is 0.487 e. The van der Waals surface area contributed by atoms with Crippen LogP contribution in [0.3, 0.4) is 0 Å². The van der Waals surface area contributed by atoms with Crippen LogP contribution in [0, 0.1) is 12.7 Å². The second-order valence-electron chi connectivity index (χ2n) is 7.49. The van der Waals surface area contributed by atoms with Gasteiger partial charge in [-0.15, -0.1) is 11.3 Å². The highest BCUT2D eigenvalue weighted by atomic mass is 32.2. The highest BCUT2D eigenvalue weighted by molar-refractivity contribution is 7.97. The van der Waals surface area contributed by atoms with Crippen LogP contribution in [0.15, 0.2) is 41.3 Å². The van der Waals surface area contributed by atoms with Crippen LogP contribution < -0.4 is 9.64 Å². The Morgan fingerprint density at radius 1 is 1.24 bits per heavy atom. The quantitative estimate of drug-likeness (QED) is 0.333. The number of anilines is 2. The van der Waals surface area contributed by atoms with E-state index in [1.807, 2.05) is 4.31 Å². The Morgan fingerprint density at radius 2 is 2.00 bits per heavy atom. The van der Waals surface area contributed by atoms with E-state index in [9.17, 15) is 27.5 Å². The third-order valence-electron chi connectivity index (χ3n) is 5.04. The van der Waals surface area contributed by atoms with Crippen molar-refractivity contribution in [3.63, 3.8) is 0 Å². The van der Waals surface area contributed by atoms with Gasteiger partial charge < -0.3 is 14.7 Å². The first-order valence-electron chi connectivity index (χ1n) is 10.0.